The van der Waals surface area contributed by atoms with Crippen molar-refractivity contribution >= 4 is 12.0 Å². The summed E-state index contributed by atoms with van der Waals surface area (Å²) in [5.41, 5.74) is 5.07. The Morgan fingerprint density at radius 1 is 0.911 bits per heavy atom. The number of nitrogens with one attached hydrogen (secondary N) is 1. The molecular formula is C35H37FN4O5. The number of carbonyl (C=O) groups excluding carboxylic acids is 1. The van der Waals surface area contributed by atoms with Gasteiger partial charge in [0.25, 0.3) is 0 Å². The number of ether oxygens (including phenoxy) is 4. The van der Waals surface area contributed by atoms with Crippen LogP contribution in [-0.2, 0) is 17.6 Å². The van der Waals surface area contributed by atoms with E-state index in [0.717, 1.165) is 22.3 Å². The minimum atomic E-state index is -0.449. The third-order valence-electron chi connectivity index (χ3n) is 9.48. The van der Waals surface area contributed by atoms with Crippen LogP contribution in [0.15, 0.2) is 54.6 Å². The summed E-state index contributed by atoms with van der Waals surface area (Å²) >= 11 is 0. The Morgan fingerprint density at radius 2 is 1.47 bits per heavy atom. The van der Waals surface area contributed by atoms with Crippen LogP contribution < -0.4 is 24.3 Å². The number of likely N-dealkylation sites (N-methyl/N-ethyl adjacent to an activating group) is 1. The lowest BCUT2D eigenvalue weighted by molar-refractivity contribution is -0.117. The molecule has 3 aliphatic heterocycles. The molecule has 6 rings (SSSR count). The number of rotatable bonds is 8. The Hall–Kier alpha value is -4.59. The molecule has 0 spiro atoms. The maximum Gasteiger partial charge on any atom is 0.244 e. The molecule has 0 aromatic heterocycles. The summed E-state index contributed by atoms with van der Waals surface area (Å²) in [5, 5.41) is 13.8. The monoisotopic (exact) mass is 612 g/mol. The lowest BCUT2D eigenvalue weighted by atomic mass is 9.72. The van der Waals surface area contributed by atoms with E-state index < -0.39 is 6.04 Å². The van der Waals surface area contributed by atoms with E-state index in [1.54, 1.807) is 46.6 Å². The van der Waals surface area contributed by atoms with Crippen molar-refractivity contribution in [2.24, 2.45) is 0 Å². The van der Waals surface area contributed by atoms with Gasteiger partial charge in [-0.1, -0.05) is 12.1 Å². The number of amides is 1. The molecule has 1 fully saturated rings. The lowest BCUT2D eigenvalue weighted by Crippen LogP contribution is -2.68. The number of carbonyl (C=O) groups is 1. The Bertz CT molecular complexity index is 1670. The molecule has 0 saturated carbocycles. The minimum Gasteiger partial charge on any atom is -0.493 e. The second-order valence-corrected chi connectivity index (χ2v) is 11.6. The fourth-order valence-corrected chi connectivity index (χ4v) is 7.39. The van der Waals surface area contributed by atoms with Crippen molar-refractivity contribution in [3.63, 3.8) is 0 Å². The highest BCUT2D eigenvalue weighted by atomic mass is 19.1. The first-order valence-electron chi connectivity index (χ1n) is 14.9. The summed E-state index contributed by atoms with van der Waals surface area (Å²) in [6, 6.07) is 15.7. The summed E-state index contributed by atoms with van der Waals surface area (Å²) < 4.78 is 36.0. The molecule has 0 radical (unpaired) electrons. The number of piperazine rings is 1. The van der Waals surface area contributed by atoms with Crippen LogP contribution in [0.5, 0.6) is 23.0 Å². The van der Waals surface area contributed by atoms with Crippen LogP contribution in [-0.4, -0.2) is 75.9 Å². The Kier molecular flexibility index (Phi) is 8.40. The van der Waals surface area contributed by atoms with Crippen molar-refractivity contribution in [3.05, 3.63) is 88.2 Å². The summed E-state index contributed by atoms with van der Waals surface area (Å²) in [7, 11) is 8.58. The molecule has 10 heteroatoms. The maximum atomic E-state index is 13.3. The Morgan fingerprint density at radius 3 is 2.07 bits per heavy atom. The van der Waals surface area contributed by atoms with Gasteiger partial charge in [-0.25, -0.2) is 4.39 Å². The Labute approximate surface area is 262 Å². The van der Waals surface area contributed by atoms with E-state index in [0.29, 0.717) is 41.4 Å². The number of hydrogen-bond donors (Lipinski definition) is 1. The predicted molar refractivity (Wildman–Crippen MR) is 167 cm³/mol. The quantitative estimate of drug-likeness (QED) is 0.373. The number of nitrogens with zero attached hydrogens (tertiary/aromatic N) is 3. The first kappa shape index (κ1) is 30.4. The minimum absolute atomic E-state index is 0.0408. The number of nitriles is 1. The molecule has 9 nitrogen and oxygen atoms in total. The summed E-state index contributed by atoms with van der Waals surface area (Å²) in [5.74, 6) is 1.93. The van der Waals surface area contributed by atoms with Crippen molar-refractivity contribution in [3.8, 4) is 29.1 Å². The maximum absolute atomic E-state index is 13.3. The second-order valence-electron chi connectivity index (χ2n) is 11.6. The van der Waals surface area contributed by atoms with Gasteiger partial charge in [-0.3, -0.25) is 14.6 Å². The van der Waals surface area contributed by atoms with Gasteiger partial charge in [0.2, 0.25) is 5.91 Å². The van der Waals surface area contributed by atoms with Crippen molar-refractivity contribution < 1.29 is 28.1 Å². The zero-order valence-electron chi connectivity index (χ0n) is 26.0. The molecule has 5 atom stereocenters. The zero-order valence-corrected chi connectivity index (χ0v) is 26.0. The molecular weight excluding hydrogens is 575 g/mol. The van der Waals surface area contributed by atoms with Gasteiger partial charge < -0.3 is 24.3 Å². The van der Waals surface area contributed by atoms with Crippen molar-refractivity contribution in [1.82, 2.24) is 15.1 Å². The third kappa shape index (κ3) is 5.36. The molecule has 45 heavy (non-hydrogen) atoms. The Balaban J connectivity index is 1.41. The number of methoxy groups -OCH3 is 4. The molecule has 0 unspecified atom stereocenters. The first-order valence-corrected chi connectivity index (χ1v) is 14.9. The molecule has 3 aliphatic rings. The van der Waals surface area contributed by atoms with E-state index in [2.05, 4.69) is 34.3 Å². The number of halogens is 1. The van der Waals surface area contributed by atoms with E-state index in [-0.39, 0.29) is 42.4 Å². The van der Waals surface area contributed by atoms with E-state index in [9.17, 15) is 14.4 Å². The smallest absolute Gasteiger partial charge is 0.244 e. The SMILES string of the molecule is COc1cc2c(cc1OC)[C@@H]1[C@@H]3Cc4cc(OC)c(OC)cc4[C@H](CNC(=O)/C=C/c4ccc(F)cc4)N3[C@@H](C#N)[C@H](C2)N1C. The predicted octanol–water partition coefficient (Wildman–Crippen LogP) is 4.46. The molecule has 234 valence electrons. The highest BCUT2D eigenvalue weighted by molar-refractivity contribution is 5.91. The molecule has 2 bridgehead atoms. The van der Waals surface area contributed by atoms with Crippen molar-refractivity contribution in [2.45, 2.75) is 43.1 Å². The average molecular weight is 613 g/mol. The third-order valence-corrected chi connectivity index (χ3v) is 9.48. The molecule has 0 aliphatic carbocycles. The van der Waals surface area contributed by atoms with Gasteiger partial charge >= 0.3 is 0 Å². The van der Waals surface area contributed by atoms with Crippen LogP contribution >= 0.6 is 0 Å². The zero-order chi connectivity index (χ0) is 31.8. The number of benzene rings is 3. The molecule has 3 aromatic rings. The van der Waals surface area contributed by atoms with Gasteiger partial charge in [0.05, 0.1) is 46.6 Å². The van der Waals surface area contributed by atoms with Gasteiger partial charge in [-0.05, 0) is 90.2 Å². The normalized spacial score (nSPS) is 23.7. The van der Waals surface area contributed by atoms with Crippen LogP contribution in [0, 0.1) is 17.1 Å². The van der Waals surface area contributed by atoms with Gasteiger partial charge in [0.15, 0.2) is 23.0 Å². The van der Waals surface area contributed by atoms with Gasteiger partial charge in [0, 0.05) is 24.7 Å². The van der Waals surface area contributed by atoms with E-state index in [1.165, 1.54) is 18.2 Å². The van der Waals surface area contributed by atoms with E-state index in [1.807, 2.05) is 18.2 Å². The van der Waals surface area contributed by atoms with Crippen LogP contribution in [0.4, 0.5) is 4.39 Å². The first-order chi connectivity index (χ1) is 21.8. The van der Waals surface area contributed by atoms with Gasteiger partial charge in [-0.2, -0.15) is 5.26 Å². The molecule has 1 N–H and O–H groups in total. The van der Waals surface area contributed by atoms with Gasteiger partial charge in [-0.15, -0.1) is 0 Å². The molecule has 1 amide bonds. The number of hydrogen-bond acceptors (Lipinski definition) is 8. The fourth-order valence-electron chi connectivity index (χ4n) is 7.39. The summed E-state index contributed by atoms with van der Waals surface area (Å²) in [6.07, 6.45) is 4.43. The van der Waals surface area contributed by atoms with Crippen LogP contribution in [0.1, 0.15) is 39.9 Å². The van der Waals surface area contributed by atoms with E-state index in [4.69, 9.17) is 18.9 Å². The second kappa shape index (κ2) is 12.4. The van der Waals surface area contributed by atoms with Crippen molar-refractivity contribution in [1.29, 1.82) is 5.26 Å². The molecule has 3 aromatic carbocycles. The largest absolute Gasteiger partial charge is 0.493 e. The standard InChI is InChI=1S/C35H37FN4O5/c1-39-26-12-22-15-31(43-3)33(45-5)17-25(22)35(39)27-13-21-14-30(42-2)32(44-4)16-24(21)29(40(27)28(26)18-37)19-38-34(41)11-8-20-6-9-23(36)10-7-20/h6-11,14-17,26-29,35H,12-13,19H2,1-5H3,(H,38,41)/b11-8+/t26-,27-,28-,29-,35+/m0/s1. The highest BCUT2D eigenvalue weighted by Crippen LogP contribution is 2.52. The van der Waals surface area contributed by atoms with Crippen LogP contribution in [0.3, 0.4) is 0 Å². The van der Waals surface area contributed by atoms with Crippen LogP contribution in [0.25, 0.3) is 6.08 Å². The lowest BCUT2D eigenvalue weighted by Gasteiger charge is -2.60. The topological polar surface area (TPSA) is 96.3 Å². The average Bonchev–Trinajstić information content (AvgIpc) is 3.05. The number of fused-ring (bicyclic) bond motifs is 7. The summed E-state index contributed by atoms with van der Waals surface area (Å²) in [4.78, 5) is 17.7. The fraction of sp³-hybridized carbons (Fsp3) is 0.371. The van der Waals surface area contributed by atoms with E-state index >= 15 is 0 Å². The van der Waals surface area contributed by atoms with Gasteiger partial charge in [0.1, 0.15) is 11.9 Å². The van der Waals surface area contributed by atoms with Crippen LogP contribution in [0.2, 0.25) is 0 Å². The molecule has 1 saturated heterocycles. The summed E-state index contributed by atoms with van der Waals surface area (Å²) in [6.45, 7) is 0.270. The molecule has 3 heterocycles. The van der Waals surface area contributed by atoms with Crippen molar-refractivity contribution in [2.75, 3.05) is 42.0 Å². The highest BCUT2D eigenvalue weighted by Gasteiger charge is 2.54.